The summed E-state index contributed by atoms with van der Waals surface area (Å²) in [6, 6.07) is 4.63. The van der Waals surface area contributed by atoms with Crippen molar-refractivity contribution in [1.29, 1.82) is 0 Å². The SMILES string of the molecule is CCC(C)(C)N(C)S(=O)(=O)c1ccc(Cl)c(CN)c1. The van der Waals surface area contributed by atoms with E-state index < -0.39 is 15.6 Å². The van der Waals surface area contributed by atoms with Gasteiger partial charge in [-0.25, -0.2) is 8.42 Å². The van der Waals surface area contributed by atoms with Crippen LogP contribution >= 0.6 is 11.6 Å². The minimum absolute atomic E-state index is 0.211. The van der Waals surface area contributed by atoms with Crippen LogP contribution in [0.3, 0.4) is 0 Å². The molecule has 0 bridgehead atoms. The Bertz CT molecular complexity index is 556. The molecule has 0 aliphatic carbocycles. The fourth-order valence-corrected chi connectivity index (χ4v) is 3.40. The van der Waals surface area contributed by atoms with Gasteiger partial charge in [0, 0.05) is 24.2 Å². The topological polar surface area (TPSA) is 63.4 Å². The van der Waals surface area contributed by atoms with Crippen molar-refractivity contribution in [3.63, 3.8) is 0 Å². The lowest BCUT2D eigenvalue weighted by molar-refractivity contribution is 0.257. The maximum absolute atomic E-state index is 12.6. The maximum Gasteiger partial charge on any atom is 0.243 e. The Hall–Kier alpha value is -0.620. The van der Waals surface area contributed by atoms with Crippen LogP contribution in [-0.4, -0.2) is 25.3 Å². The summed E-state index contributed by atoms with van der Waals surface area (Å²) in [6.07, 6.45) is 0.722. The van der Waals surface area contributed by atoms with E-state index in [9.17, 15) is 8.42 Å². The molecule has 0 spiro atoms. The van der Waals surface area contributed by atoms with Crippen LogP contribution < -0.4 is 5.73 Å². The monoisotopic (exact) mass is 304 g/mol. The van der Waals surface area contributed by atoms with Gasteiger partial charge >= 0.3 is 0 Å². The predicted molar refractivity (Wildman–Crippen MR) is 78.7 cm³/mol. The first-order valence-electron chi connectivity index (χ1n) is 6.14. The van der Waals surface area contributed by atoms with Crippen molar-refractivity contribution in [3.05, 3.63) is 28.8 Å². The largest absolute Gasteiger partial charge is 0.326 e. The average molecular weight is 305 g/mol. The summed E-state index contributed by atoms with van der Waals surface area (Å²) in [5.41, 5.74) is 5.74. The number of rotatable bonds is 5. The number of halogens is 1. The molecular weight excluding hydrogens is 284 g/mol. The molecule has 0 aromatic heterocycles. The van der Waals surface area contributed by atoms with Crippen LogP contribution in [0.2, 0.25) is 5.02 Å². The van der Waals surface area contributed by atoms with Crippen LogP contribution in [0, 0.1) is 0 Å². The average Bonchev–Trinajstić information content (AvgIpc) is 2.38. The van der Waals surface area contributed by atoms with Gasteiger partial charge in [0.25, 0.3) is 0 Å². The van der Waals surface area contributed by atoms with E-state index in [2.05, 4.69) is 0 Å². The molecule has 0 saturated carbocycles. The zero-order valence-electron chi connectivity index (χ0n) is 11.8. The van der Waals surface area contributed by atoms with Crippen molar-refractivity contribution in [2.75, 3.05) is 7.05 Å². The smallest absolute Gasteiger partial charge is 0.243 e. The van der Waals surface area contributed by atoms with Crippen LogP contribution in [0.25, 0.3) is 0 Å². The van der Waals surface area contributed by atoms with Gasteiger partial charge in [-0.2, -0.15) is 4.31 Å². The normalized spacial score (nSPS) is 13.0. The first-order valence-corrected chi connectivity index (χ1v) is 7.96. The number of hydrogen-bond acceptors (Lipinski definition) is 3. The van der Waals surface area contributed by atoms with Crippen LogP contribution in [0.1, 0.15) is 32.8 Å². The van der Waals surface area contributed by atoms with Crippen molar-refractivity contribution in [2.24, 2.45) is 5.73 Å². The maximum atomic E-state index is 12.6. The highest BCUT2D eigenvalue weighted by Gasteiger charge is 2.32. The van der Waals surface area contributed by atoms with E-state index in [0.717, 1.165) is 6.42 Å². The lowest BCUT2D eigenvalue weighted by atomic mass is 10.0. The molecule has 0 atom stereocenters. The van der Waals surface area contributed by atoms with Gasteiger partial charge in [-0.1, -0.05) is 18.5 Å². The predicted octanol–water partition coefficient (Wildman–Crippen LogP) is 2.61. The summed E-state index contributed by atoms with van der Waals surface area (Å²) in [6.45, 7) is 5.96. The molecule has 1 aromatic rings. The van der Waals surface area contributed by atoms with E-state index in [1.165, 1.54) is 10.4 Å². The third-order valence-electron chi connectivity index (χ3n) is 3.61. The van der Waals surface area contributed by atoms with Crippen LogP contribution in [0.4, 0.5) is 0 Å². The summed E-state index contributed by atoms with van der Waals surface area (Å²) in [5, 5.41) is 0.485. The van der Waals surface area contributed by atoms with Gasteiger partial charge in [0.05, 0.1) is 4.90 Å². The fraction of sp³-hybridized carbons (Fsp3) is 0.538. The first kappa shape index (κ1) is 16.4. The number of nitrogens with zero attached hydrogens (tertiary/aromatic N) is 1. The van der Waals surface area contributed by atoms with Crippen molar-refractivity contribution in [3.8, 4) is 0 Å². The molecule has 1 rings (SSSR count). The minimum atomic E-state index is -3.54. The van der Waals surface area contributed by atoms with E-state index in [-0.39, 0.29) is 11.4 Å². The standard InChI is InChI=1S/C13H21ClN2O2S/c1-5-13(2,3)16(4)19(17,18)11-6-7-12(14)10(8-11)9-15/h6-8H,5,9,15H2,1-4H3. The number of hydrogen-bond donors (Lipinski definition) is 1. The van der Waals surface area contributed by atoms with E-state index in [1.54, 1.807) is 19.2 Å². The zero-order chi connectivity index (χ0) is 14.8. The number of nitrogens with two attached hydrogens (primary N) is 1. The van der Waals surface area contributed by atoms with Gasteiger partial charge in [-0.15, -0.1) is 0 Å². The second-order valence-corrected chi connectivity index (χ2v) is 7.47. The molecule has 0 aliphatic rings. The summed E-state index contributed by atoms with van der Waals surface area (Å²) in [7, 11) is -1.95. The second kappa shape index (κ2) is 5.79. The summed E-state index contributed by atoms with van der Waals surface area (Å²) in [5.74, 6) is 0. The summed E-state index contributed by atoms with van der Waals surface area (Å²) < 4.78 is 26.5. The molecule has 0 heterocycles. The van der Waals surface area contributed by atoms with Crippen molar-refractivity contribution in [1.82, 2.24) is 4.31 Å². The lowest BCUT2D eigenvalue weighted by Gasteiger charge is -2.33. The van der Waals surface area contributed by atoms with Crippen LogP contribution in [0.15, 0.2) is 23.1 Å². The molecule has 0 saturated heterocycles. The van der Waals surface area contributed by atoms with E-state index in [4.69, 9.17) is 17.3 Å². The Kier molecular flexibility index (Phi) is 5.01. The molecule has 0 fully saturated rings. The Morgan fingerprint density at radius 1 is 1.37 bits per heavy atom. The lowest BCUT2D eigenvalue weighted by Crippen LogP contribution is -2.44. The molecule has 1 aromatic carbocycles. The van der Waals surface area contributed by atoms with Crippen molar-refractivity contribution < 1.29 is 8.42 Å². The van der Waals surface area contributed by atoms with Gasteiger partial charge in [0.1, 0.15) is 0 Å². The molecule has 0 aliphatic heterocycles. The van der Waals surface area contributed by atoms with E-state index >= 15 is 0 Å². The van der Waals surface area contributed by atoms with Gasteiger partial charge in [0.2, 0.25) is 10.0 Å². The van der Waals surface area contributed by atoms with Crippen LogP contribution in [-0.2, 0) is 16.6 Å². The number of sulfonamides is 1. The quantitative estimate of drug-likeness (QED) is 0.909. The molecule has 2 N–H and O–H groups in total. The Morgan fingerprint density at radius 2 is 1.95 bits per heavy atom. The Labute approximate surface area is 120 Å². The first-order chi connectivity index (χ1) is 8.66. The summed E-state index contributed by atoms with van der Waals surface area (Å²) >= 11 is 5.95. The van der Waals surface area contributed by atoms with Crippen molar-refractivity contribution >= 4 is 21.6 Å². The molecule has 108 valence electrons. The molecule has 4 nitrogen and oxygen atoms in total. The summed E-state index contributed by atoms with van der Waals surface area (Å²) in [4.78, 5) is 0.223. The van der Waals surface area contributed by atoms with E-state index in [1.807, 2.05) is 20.8 Å². The van der Waals surface area contributed by atoms with Gasteiger partial charge in [0.15, 0.2) is 0 Å². The minimum Gasteiger partial charge on any atom is -0.326 e. The van der Waals surface area contributed by atoms with Crippen molar-refractivity contribution in [2.45, 2.75) is 44.2 Å². The third kappa shape index (κ3) is 3.28. The van der Waals surface area contributed by atoms with Gasteiger partial charge < -0.3 is 5.73 Å². The number of benzene rings is 1. The highest BCUT2D eigenvalue weighted by molar-refractivity contribution is 7.89. The van der Waals surface area contributed by atoms with Gasteiger partial charge in [-0.3, -0.25) is 0 Å². The Morgan fingerprint density at radius 3 is 2.42 bits per heavy atom. The van der Waals surface area contributed by atoms with Gasteiger partial charge in [-0.05, 0) is 44.0 Å². The fourth-order valence-electron chi connectivity index (χ4n) is 1.57. The highest BCUT2D eigenvalue weighted by atomic mass is 35.5. The molecule has 19 heavy (non-hydrogen) atoms. The van der Waals surface area contributed by atoms with E-state index in [0.29, 0.717) is 10.6 Å². The molecule has 6 heteroatoms. The zero-order valence-corrected chi connectivity index (χ0v) is 13.3. The molecule has 0 unspecified atom stereocenters. The molecular formula is C13H21ClN2O2S. The second-order valence-electron chi connectivity index (χ2n) is 5.10. The van der Waals surface area contributed by atoms with Crippen LogP contribution in [0.5, 0.6) is 0 Å². The molecule has 0 amide bonds. The molecule has 0 radical (unpaired) electrons. The Balaban J connectivity index is 3.28. The highest BCUT2D eigenvalue weighted by Crippen LogP contribution is 2.27. The third-order valence-corrected chi connectivity index (χ3v) is 6.05.